The molecule has 0 saturated carbocycles. The van der Waals surface area contributed by atoms with Crippen LogP contribution in [0.4, 0.5) is 0 Å². The molecule has 28 heavy (non-hydrogen) atoms. The summed E-state index contributed by atoms with van der Waals surface area (Å²) in [5, 5.41) is 3.60. The van der Waals surface area contributed by atoms with Crippen molar-refractivity contribution in [3.8, 4) is 0 Å². The van der Waals surface area contributed by atoms with Gasteiger partial charge in [-0.25, -0.2) is 0 Å². The highest BCUT2D eigenvalue weighted by atomic mass is 35.5. The topological polar surface area (TPSA) is 67.2 Å². The zero-order chi connectivity index (χ0) is 19.5. The van der Waals surface area contributed by atoms with E-state index in [1.807, 2.05) is 55.6 Å². The van der Waals surface area contributed by atoms with Crippen molar-refractivity contribution < 1.29 is 4.79 Å². The summed E-state index contributed by atoms with van der Waals surface area (Å²) >= 11 is 5.88. The zero-order valence-corrected chi connectivity index (χ0v) is 16.2. The van der Waals surface area contributed by atoms with E-state index >= 15 is 0 Å². The summed E-state index contributed by atoms with van der Waals surface area (Å²) < 4.78 is 0. The van der Waals surface area contributed by atoms with Crippen LogP contribution >= 0.6 is 11.6 Å². The lowest BCUT2D eigenvalue weighted by atomic mass is 10.0. The number of amides is 1. The molecule has 0 bridgehead atoms. The Bertz CT molecular complexity index is 1060. The van der Waals surface area contributed by atoms with Gasteiger partial charge in [-0.1, -0.05) is 23.7 Å². The van der Waals surface area contributed by atoms with Crippen molar-refractivity contribution in [1.82, 2.24) is 15.3 Å². The molecule has 3 heterocycles. The van der Waals surface area contributed by atoms with E-state index in [-0.39, 0.29) is 12.3 Å². The largest absolute Gasteiger partial charge is 0.352 e. The number of hydrogen-bond acceptors (Lipinski definition) is 4. The van der Waals surface area contributed by atoms with Crippen LogP contribution in [0.5, 0.6) is 0 Å². The third-order valence-corrected chi connectivity index (χ3v) is 4.88. The molecule has 140 valence electrons. The molecule has 3 aromatic rings. The predicted molar refractivity (Wildman–Crippen MR) is 110 cm³/mol. The summed E-state index contributed by atoms with van der Waals surface area (Å²) in [6, 6.07) is 13.4. The number of carbonyl (C=O) groups excluding carboxylic acids is 1. The molecular weight excluding hydrogens is 372 g/mol. The molecule has 6 heteroatoms. The Morgan fingerprint density at radius 2 is 1.96 bits per heavy atom. The van der Waals surface area contributed by atoms with Gasteiger partial charge in [-0.2, -0.15) is 0 Å². The molecule has 0 radical (unpaired) electrons. The van der Waals surface area contributed by atoms with Crippen LogP contribution in [0.25, 0.3) is 0 Å². The number of hydrogen-bond donors (Lipinski definition) is 1. The smallest absolute Gasteiger partial charge is 0.226 e. The van der Waals surface area contributed by atoms with E-state index < -0.39 is 0 Å². The van der Waals surface area contributed by atoms with Crippen molar-refractivity contribution in [2.45, 2.75) is 26.4 Å². The first kappa shape index (κ1) is 18.3. The Hall–Kier alpha value is -3.05. The number of rotatable bonds is 5. The van der Waals surface area contributed by atoms with Crippen molar-refractivity contribution in [2.75, 3.05) is 0 Å². The van der Waals surface area contributed by atoms with E-state index in [2.05, 4.69) is 20.3 Å². The van der Waals surface area contributed by atoms with Crippen LogP contribution in [0.2, 0.25) is 5.02 Å². The number of aromatic nitrogens is 2. The van der Waals surface area contributed by atoms with Crippen molar-refractivity contribution in [2.24, 2.45) is 4.99 Å². The fourth-order valence-corrected chi connectivity index (χ4v) is 3.33. The lowest BCUT2D eigenvalue weighted by Gasteiger charge is -2.08. The van der Waals surface area contributed by atoms with Gasteiger partial charge < -0.3 is 5.32 Å². The second-order valence-corrected chi connectivity index (χ2v) is 7.20. The van der Waals surface area contributed by atoms with Crippen LogP contribution in [0.3, 0.4) is 0 Å². The maximum absolute atomic E-state index is 12.3. The zero-order valence-electron chi connectivity index (χ0n) is 15.4. The number of fused-ring (bicyclic) bond motifs is 1. The van der Waals surface area contributed by atoms with Crippen molar-refractivity contribution in [3.63, 3.8) is 0 Å². The fraction of sp³-hybridized carbons (Fsp3) is 0.182. The van der Waals surface area contributed by atoms with Crippen LogP contribution < -0.4 is 5.32 Å². The normalized spacial score (nSPS) is 12.4. The maximum atomic E-state index is 12.3. The highest BCUT2D eigenvalue weighted by Gasteiger charge is 2.19. The number of nitrogens with zero attached hydrogens (tertiary/aromatic N) is 3. The first-order chi connectivity index (χ1) is 13.6. The second-order valence-electron chi connectivity index (χ2n) is 6.76. The number of aliphatic imine (C=N–C) groups is 1. The average Bonchev–Trinajstić information content (AvgIpc) is 3.11. The summed E-state index contributed by atoms with van der Waals surface area (Å²) in [6.07, 6.45) is 3.85. The fourth-order valence-electron chi connectivity index (χ4n) is 3.21. The van der Waals surface area contributed by atoms with Crippen molar-refractivity contribution >= 4 is 23.2 Å². The highest BCUT2D eigenvalue weighted by molar-refractivity contribution is 6.30. The van der Waals surface area contributed by atoms with Crippen LogP contribution in [-0.4, -0.2) is 21.6 Å². The quantitative estimate of drug-likeness (QED) is 0.723. The monoisotopic (exact) mass is 390 g/mol. The van der Waals surface area contributed by atoms with Gasteiger partial charge in [0.2, 0.25) is 5.91 Å². The number of benzene rings is 1. The first-order valence-corrected chi connectivity index (χ1v) is 9.43. The van der Waals surface area contributed by atoms with Gasteiger partial charge in [-0.05, 0) is 48.4 Å². The molecule has 0 unspecified atom stereocenters. The summed E-state index contributed by atoms with van der Waals surface area (Å²) in [4.78, 5) is 25.6. The standard InChI is InChI=1S/C22H19ClN4O/c1-14-8-16(6-7-24-14)22-20-13-25-19(9-17(20)12-27-22)10-21(28)26-11-15-2-4-18(23)5-3-15/h2-9,13H,10-12H2,1H3,(H,26,28). The van der Waals surface area contributed by atoms with E-state index in [1.54, 1.807) is 6.20 Å². The van der Waals surface area contributed by atoms with Gasteiger partial charge in [-0.15, -0.1) is 0 Å². The Kier molecular flexibility index (Phi) is 5.17. The van der Waals surface area contributed by atoms with Gasteiger partial charge in [0.25, 0.3) is 0 Å². The summed E-state index contributed by atoms with van der Waals surface area (Å²) in [5.74, 6) is -0.0636. The van der Waals surface area contributed by atoms with E-state index in [9.17, 15) is 4.79 Å². The van der Waals surface area contributed by atoms with E-state index in [4.69, 9.17) is 11.6 Å². The Labute approximate surface area is 168 Å². The van der Waals surface area contributed by atoms with Gasteiger partial charge in [-0.3, -0.25) is 19.8 Å². The molecule has 2 aromatic heterocycles. The molecule has 4 rings (SSSR count). The number of nitrogens with one attached hydrogen (secondary N) is 1. The molecular formula is C22H19ClN4O. The molecule has 0 aliphatic carbocycles. The first-order valence-electron chi connectivity index (χ1n) is 9.05. The highest BCUT2D eigenvalue weighted by Crippen LogP contribution is 2.23. The van der Waals surface area contributed by atoms with E-state index in [1.165, 1.54) is 0 Å². The number of aryl methyl sites for hydroxylation is 1. The summed E-state index contributed by atoms with van der Waals surface area (Å²) in [7, 11) is 0. The molecule has 1 aliphatic heterocycles. The Morgan fingerprint density at radius 1 is 1.14 bits per heavy atom. The minimum atomic E-state index is -0.0636. The van der Waals surface area contributed by atoms with Gasteiger partial charge >= 0.3 is 0 Å². The Morgan fingerprint density at radius 3 is 2.75 bits per heavy atom. The number of halogens is 1. The molecule has 0 atom stereocenters. The molecule has 0 fully saturated rings. The Balaban J connectivity index is 1.41. The van der Waals surface area contributed by atoms with Crippen molar-refractivity contribution in [3.05, 3.63) is 93.5 Å². The lowest BCUT2D eigenvalue weighted by Crippen LogP contribution is -2.25. The summed E-state index contributed by atoms with van der Waals surface area (Å²) in [5.41, 5.74) is 6.81. The predicted octanol–water partition coefficient (Wildman–Crippen LogP) is 3.65. The average molecular weight is 391 g/mol. The SMILES string of the molecule is Cc1cc(C2=NCc3cc(CC(=O)NCc4ccc(Cl)cc4)ncc32)ccn1. The lowest BCUT2D eigenvalue weighted by molar-refractivity contribution is -0.120. The van der Waals surface area contributed by atoms with Gasteiger partial charge in [0, 0.05) is 40.8 Å². The molecule has 1 aliphatic rings. The molecule has 0 spiro atoms. The molecule has 1 aromatic carbocycles. The molecule has 5 nitrogen and oxygen atoms in total. The van der Waals surface area contributed by atoms with Crippen LogP contribution in [-0.2, 0) is 24.3 Å². The third-order valence-electron chi connectivity index (χ3n) is 4.62. The minimum Gasteiger partial charge on any atom is -0.352 e. The van der Waals surface area contributed by atoms with E-state index in [0.29, 0.717) is 18.1 Å². The number of pyridine rings is 2. The minimum absolute atomic E-state index is 0.0636. The molecule has 0 saturated heterocycles. The van der Waals surface area contributed by atoms with Crippen molar-refractivity contribution in [1.29, 1.82) is 0 Å². The summed E-state index contributed by atoms with van der Waals surface area (Å²) in [6.45, 7) is 3.04. The van der Waals surface area contributed by atoms with Crippen LogP contribution in [0, 0.1) is 6.92 Å². The van der Waals surface area contributed by atoms with Gasteiger partial charge in [0.15, 0.2) is 0 Å². The maximum Gasteiger partial charge on any atom is 0.226 e. The molecule has 1 N–H and O–H groups in total. The third kappa shape index (κ3) is 4.10. The molecule has 1 amide bonds. The number of carbonyl (C=O) groups is 1. The van der Waals surface area contributed by atoms with Gasteiger partial charge in [0.05, 0.1) is 24.4 Å². The van der Waals surface area contributed by atoms with Crippen LogP contribution in [0.15, 0.2) is 59.9 Å². The van der Waals surface area contributed by atoms with Gasteiger partial charge in [0.1, 0.15) is 0 Å². The second kappa shape index (κ2) is 7.90. The van der Waals surface area contributed by atoms with Crippen LogP contribution in [0.1, 0.15) is 33.6 Å². The van der Waals surface area contributed by atoms with E-state index in [0.717, 1.165) is 39.4 Å².